The molecule has 31 heavy (non-hydrogen) atoms. The molecule has 2 aromatic heterocycles. The van der Waals surface area contributed by atoms with Crippen LogP contribution in [-0.2, 0) is 11.3 Å². The van der Waals surface area contributed by atoms with Crippen LogP contribution in [0.5, 0.6) is 5.88 Å². The van der Waals surface area contributed by atoms with E-state index in [9.17, 15) is 9.59 Å². The molecule has 166 valence electrons. The molecule has 1 aliphatic heterocycles. The first-order valence-corrected chi connectivity index (χ1v) is 12.3. The summed E-state index contributed by atoms with van der Waals surface area (Å²) in [6.07, 6.45) is 7.13. The van der Waals surface area contributed by atoms with Crippen LogP contribution >= 0.6 is 27.3 Å². The summed E-state index contributed by atoms with van der Waals surface area (Å²) >= 11 is 4.93. The first-order valence-electron chi connectivity index (χ1n) is 10.7. The molecule has 2 amide bonds. The van der Waals surface area contributed by atoms with Crippen molar-refractivity contribution in [2.45, 2.75) is 44.7 Å². The number of fused-ring (bicyclic) bond motifs is 1. The van der Waals surface area contributed by atoms with E-state index in [0.29, 0.717) is 36.2 Å². The number of halogens is 1. The Morgan fingerprint density at radius 1 is 1.35 bits per heavy atom. The van der Waals surface area contributed by atoms with Gasteiger partial charge in [-0.2, -0.15) is 0 Å². The number of nitrogens with zero attached hydrogens (tertiary/aromatic N) is 2. The number of ether oxygens (including phenoxy) is 1. The molecule has 0 saturated heterocycles. The van der Waals surface area contributed by atoms with Gasteiger partial charge in [0, 0.05) is 22.6 Å². The third kappa shape index (κ3) is 5.38. The van der Waals surface area contributed by atoms with E-state index in [1.807, 2.05) is 18.2 Å². The molecule has 0 spiro atoms. The van der Waals surface area contributed by atoms with Crippen molar-refractivity contribution in [2.75, 3.05) is 25.1 Å². The maximum atomic E-state index is 12.9. The summed E-state index contributed by atoms with van der Waals surface area (Å²) in [7, 11) is 1.62. The number of likely N-dealkylation sites (N-methyl/N-ethyl adjacent to an activating group) is 1. The first-order chi connectivity index (χ1) is 15.0. The zero-order chi connectivity index (χ0) is 21.8. The maximum Gasteiger partial charge on any atom is 0.262 e. The van der Waals surface area contributed by atoms with Crippen molar-refractivity contribution in [2.24, 2.45) is 5.92 Å². The molecule has 2 aromatic rings. The van der Waals surface area contributed by atoms with Gasteiger partial charge in [-0.3, -0.25) is 9.59 Å². The predicted octanol–water partition coefficient (Wildman–Crippen LogP) is 3.73. The zero-order valence-corrected chi connectivity index (χ0v) is 19.9. The molecule has 1 fully saturated rings. The number of hydrogen-bond acceptors (Lipinski definition) is 6. The van der Waals surface area contributed by atoms with E-state index in [1.54, 1.807) is 13.2 Å². The lowest BCUT2D eigenvalue weighted by Gasteiger charge is -2.30. The van der Waals surface area contributed by atoms with Gasteiger partial charge in [0.1, 0.15) is 18.3 Å². The fourth-order valence-electron chi connectivity index (χ4n) is 4.28. The smallest absolute Gasteiger partial charge is 0.262 e. The Bertz CT molecular complexity index is 945. The fraction of sp³-hybridized carbons (Fsp3) is 0.500. The van der Waals surface area contributed by atoms with E-state index in [4.69, 9.17) is 4.74 Å². The molecular weight excluding hydrogens is 480 g/mol. The van der Waals surface area contributed by atoms with Crippen LogP contribution in [0.1, 0.15) is 46.7 Å². The third-order valence-electron chi connectivity index (χ3n) is 5.88. The molecule has 2 N–H and O–H groups in total. The minimum Gasteiger partial charge on any atom is -0.474 e. The van der Waals surface area contributed by atoms with Gasteiger partial charge in [0.2, 0.25) is 11.8 Å². The van der Waals surface area contributed by atoms with Gasteiger partial charge >= 0.3 is 0 Å². The number of carbonyl (C=O) groups is 2. The van der Waals surface area contributed by atoms with E-state index < -0.39 is 6.04 Å². The van der Waals surface area contributed by atoms with E-state index in [1.165, 1.54) is 24.2 Å². The van der Waals surface area contributed by atoms with Gasteiger partial charge in [-0.1, -0.05) is 25.7 Å². The fourth-order valence-corrected chi connectivity index (χ4v) is 5.52. The SMILES string of the molecule is CNC(=O)[C@H](CC1CCCC1)NC(=O)c1ccc(CN2CCOc3ncc(Br)cc32)s1. The Morgan fingerprint density at radius 3 is 2.94 bits per heavy atom. The highest BCUT2D eigenvalue weighted by Crippen LogP contribution is 2.33. The maximum absolute atomic E-state index is 12.9. The summed E-state index contributed by atoms with van der Waals surface area (Å²) in [6, 6.07) is 5.33. The molecule has 0 bridgehead atoms. The average molecular weight is 507 g/mol. The molecule has 7 nitrogen and oxygen atoms in total. The summed E-state index contributed by atoms with van der Waals surface area (Å²) < 4.78 is 6.55. The van der Waals surface area contributed by atoms with Gasteiger partial charge in [-0.15, -0.1) is 11.3 Å². The van der Waals surface area contributed by atoms with Crippen molar-refractivity contribution >= 4 is 44.8 Å². The molecule has 1 atom stereocenters. The quantitative estimate of drug-likeness (QED) is 0.597. The summed E-state index contributed by atoms with van der Waals surface area (Å²) in [5.41, 5.74) is 0.941. The van der Waals surface area contributed by atoms with Crippen LogP contribution in [0.3, 0.4) is 0 Å². The van der Waals surface area contributed by atoms with E-state index in [2.05, 4.69) is 36.4 Å². The van der Waals surface area contributed by atoms with Crippen molar-refractivity contribution in [1.29, 1.82) is 0 Å². The summed E-state index contributed by atoms with van der Waals surface area (Å²) in [5, 5.41) is 5.65. The van der Waals surface area contributed by atoms with Crippen molar-refractivity contribution in [1.82, 2.24) is 15.6 Å². The standard InChI is InChI=1S/C22H27BrN4O3S/c1-24-20(28)17(10-14-4-2-3-5-14)26-21(29)19-7-6-16(31-19)13-27-8-9-30-22-18(27)11-15(23)12-25-22/h6-7,11-12,14,17H,2-5,8-10,13H2,1H3,(H,24,28)(H,26,29)/t17-/m0/s1. The molecule has 1 saturated carbocycles. The van der Waals surface area contributed by atoms with Crippen molar-refractivity contribution in [3.8, 4) is 5.88 Å². The number of thiophene rings is 1. The largest absolute Gasteiger partial charge is 0.474 e. The molecular formula is C22H27BrN4O3S. The van der Waals surface area contributed by atoms with Crippen LogP contribution < -0.4 is 20.3 Å². The number of amides is 2. The van der Waals surface area contributed by atoms with Crippen molar-refractivity contribution in [3.63, 3.8) is 0 Å². The Kier molecular flexibility index (Phi) is 7.12. The zero-order valence-electron chi connectivity index (χ0n) is 17.5. The summed E-state index contributed by atoms with van der Waals surface area (Å²) in [6.45, 7) is 2.01. The summed E-state index contributed by atoms with van der Waals surface area (Å²) in [4.78, 5) is 33.4. The third-order valence-corrected chi connectivity index (χ3v) is 7.39. The van der Waals surface area contributed by atoms with Gasteiger partial charge in [-0.25, -0.2) is 4.98 Å². The van der Waals surface area contributed by atoms with Gasteiger partial charge in [-0.05, 0) is 46.5 Å². The molecule has 1 aliphatic carbocycles. The lowest BCUT2D eigenvalue weighted by molar-refractivity contribution is -0.122. The Hall–Kier alpha value is -2.13. The summed E-state index contributed by atoms with van der Waals surface area (Å²) in [5.74, 6) is 0.829. The van der Waals surface area contributed by atoms with Crippen LogP contribution in [0, 0.1) is 5.92 Å². The highest BCUT2D eigenvalue weighted by Gasteiger charge is 2.27. The van der Waals surface area contributed by atoms with Crippen LogP contribution in [0.2, 0.25) is 0 Å². The predicted molar refractivity (Wildman–Crippen MR) is 125 cm³/mol. The van der Waals surface area contributed by atoms with Crippen LogP contribution in [0.25, 0.3) is 0 Å². The Labute approximate surface area is 194 Å². The Morgan fingerprint density at radius 2 is 2.16 bits per heavy atom. The molecule has 0 unspecified atom stereocenters. The molecule has 0 aromatic carbocycles. The molecule has 9 heteroatoms. The lowest BCUT2D eigenvalue weighted by atomic mass is 9.98. The number of aromatic nitrogens is 1. The monoisotopic (exact) mass is 506 g/mol. The second-order valence-electron chi connectivity index (χ2n) is 8.04. The second kappa shape index (κ2) is 9.99. The van der Waals surface area contributed by atoms with E-state index in [0.717, 1.165) is 34.4 Å². The van der Waals surface area contributed by atoms with Gasteiger partial charge in [0.05, 0.1) is 18.0 Å². The number of nitrogens with one attached hydrogen (secondary N) is 2. The number of rotatable bonds is 7. The van der Waals surface area contributed by atoms with Crippen LogP contribution in [0.15, 0.2) is 28.9 Å². The highest BCUT2D eigenvalue weighted by atomic mass is 79.9. The molecule has 0 radical (unpaired) electrons. The lowest BCUT2D eigenvalue weighted by Crippen LogP contribution is -2.46. The van der Waals surface area contributed by atoms with Gasteiger partial charge in [0.25, 0.3) is 5.91 Å². The average Bonchev–Trinajstić information content (AvgIpc) is 3.45. The minimum atomic E-state index is -0.485. The second-order valence-corrected chi connectivity index (χ2v) is 10.1. The minimum absolute atomic E-state index is 0.125. The first kappa shape index (κ1) is 22.1. The highest BCUT2D eigenvalue weighted by molar-refractivity contribution is 9.10. The molecule has 3 heterocycles. The van der Waals surface area contributed by atoms with E-state index in [-0.39, 0.29) is 11.8 Å². The normalized spacial score (nSPS) is 17.0. The topological polar surface area (TPSA) is 83.6 Å². The number of anilines is 1. The Balaban J connectivity index is 1.41. The molecule has 4 rings (SSSR count). The van der Waals surface area contributed by atoms with E-state index >= 15 is 0 Å². The van der Waals surface area contributed by atoms with Crippen LogP contribution in [-0.4, -0.2) is 43.0 Å². The number of carbonyl (C=O) groups excluding carboxylic acids is 2. The number of hydrogen-bond donors (Lipinski definition) is 2. The van der Waals surface area contributed by atoms with Crippen molar-refractivity contribution in [3.05, 3.63) is 38.6 Å². The van der Waals surface area contributed by atoms with Crippen LogP contribution in [0.4, 0.5) is 5.69 Å². The van der Waals surface area contributed by atoms with Gasteiger partial charge in [0.15, 0.2) is 0 Å². The van der Waals surface area contributed by atoms with Crippen molar-refractivity contribution < 1.29 is 14.3 Å². The molecule has 2 aliphatic rings. The number of pyridine rings is 1. The van der Waals surface area contributed by atoms with Gasteiger partial charge < -0.3 is 20.3 Å².